The van der Waals surface area contributed by atoms with Crippen LogP contribution in [-0.2, 0) is 10.2 Å². The Labute approximate surface area is 233 Å². The first kappa shape index (κ1) is 26.5. The smallest absolute Gasteiger partial charge is 0.227 e. The van der Waals surface area contributed by atoms with E-state index in [1.165, 1.54) is 23.9 Å². The number of aliphatic hydroxyl groups is 1. The molecule has 208 valence electrons. The average molecular weight is 529 g/mol. The molecule has 1 amide bonds. The summed E-state index contributed by atoms with van der Waals surface area (Å²) >= 11 is 0. The third-order valence-corrected chi connectivity index (χ3v) is 9.95. The molecule has 0 saturated carbocycles. The summed E-state index contributed by atoms with van der Waals surface area (Å²) in [5.74, 6) is 1.31. The second-order valence-electron chi connectivity index (χ2n) is 13.3. The van der Waals surface area contributed by atoms with E-state index in [9.17, 15) is 9.90 Å². The number of likely N-dealkylation sites (tertiary alicyclic amines) is 1. The molecule has 3 unspecified atom stereocenters. The van der Waals surface area contributed by atoms with Crippen LogP contribution < -0.4 is 0 Å². The van der Waals surface area contributed by atoms with Gasteiger partial charge in [0.15, 0.2) is 0 Å². The minimum Gasteiger partial charge on any atom is -0.391 e. The standard InChI is InChI=1S/C33H44N4O2/c1-23-34-28-12-8-9-13-29(28)37(23)27-20-25-14-15-26(21-27)36(25)22-30(38)33(24-10-6-5-7-11-24)16-18-35(19-17-33)31(39)32(2,3)4/h5-13,25-27,30,38H,14-22H2,1-4H3. The van der Waals surface area contributed by atoms with Gasteiger partial charge in [-0.2, -0.15) is 0 Å². The lowest BCUT2D eigenvalue weighted by Gasteiger charge is -2.49. The van der Waals surface area contributed by atoms with Crippen molar-refractivity contribution in [3.8, 4) is 0 Å². The zero-order valence-corrected chi connectivity index (χ0v) is 24.0. The zero-order valence-electron chi connectivity index (χ0n) is 24.0. The second-order valence-corrected chi connectivity index (χ2v) is 13.3. The summed E-state index contributed by atoms with van der Waals surface area (Å²) in [5, 5.41) is 12.1. The van der Waals surface area contributed by atoms with Gasteiger partial charge < -0.3 is 14.6 Å². The topological polar surface area (TPSA) is 61.6 Å². The Hall–Kier alpha value is -2.70. The van der Waals surface area contributed by atoms with Crippen LogP contribution in [0.4, 0.5) is 0 Å². The molecule has 1 N–H and O–H groups in total. The van der Waals surface area contributed by atoms with Gasteiger partial charge in [-0.1, -0.05) is 63.2 Å². The van der Waals surface area contributed by atoms with Gasteiger partial charge in [0.05, 0.1) is 17.1 Å². The summed E-state index contributed by atoms with van der Waals surface area (Å²) in [6.45, 7) is 10.2. The van der Waals surface area contributed by atoms with Crippen LogP contribution in [0.5, 0.6) is 0 Å². The minimum atomic E-state index is -0.470. The Kier molecular flexibility index (Phi) is 6.83. The van der Waals surface area contributed by atoms with E-state index in [2.05, 4.69) is 71.0 Å². The number of benzene rings is 2. The van der Waals surface area contributed by atoms with E-state index in [1.54, 1.807) is 0 Å². The molecule has 3 aliphatic heterocycles. The number of imidazole rings is 1. The lowest BCUT2D eigenvalue weighted by Crippen LogP contribution is -2.57. The highest BCUT2D eigenvalue weighted by molar-refractivity contribution is 5.81. The second kappa shape index (κ2) is 10.0. The number of hydrogen-bond donors (Lipinski definition) is 1. The Balaban J connectivity index is 1.21. The Morgan fingerprint density at radius 2 is 1.59 bits per heavy atom. The van der Waals surface area contributed by atoms with Gasteiger partial charge in [-0.3, -0.25) is 9.69 Å². The molecule has 2 aromatic carbocycles. The molecule has 3 aliphatic rings. The molecule has 3 fully saturated rings. The van der Waals surface area contributed by atoms with Gasteiger partial charge in [0.25, 0.3) is 0 Å². The molecule has 0 radical (unpaired) electrons. The fourth-order valence-corrected chi connectivity index (χ4v) is 7.92. The van der Waals surface area contributed by atoms with Crippen molar-refractivity contribution in [1.82, 2.24) is 19.4 Å². The first-order chi connectivity index (χ1) is 18.7. The average Bonchev–Trinajstić information content (AvgIpc) is 3.38. The zero-order chi connectivity index (χ0) is 27.4. The molecule has 39 heavy (non-hydrogen) atoms. The summed E-state index contributed by atoms with van der Waals surface area (Å²) in [5.41, 5.74) is 2.83. The van der Waals surface area contributed by atoms with Crippen LogP contribution in [-0.4, -0.2) is 68.2 Å². The van der Waals surface area contributed by atoms with Crippen molar-refractivity contribution < 1.29 is 9.90 Å². The maximum atomic E-state index is 13.0. The highest BCUT2D eigenvalue weighted by Gasteiger charge is 2.48. The normalized spacial score (nSPS) is 26.2. The number of aryl methyl sites for hydroxylation is 1. The van der Waals surface area contributed by atoms with Crippen molar-refractivity contribution >= 4 is 16.9 Å². The lowest BCUT2D eigenvalue weighted by molar-refractivity contribution is -0.142. The van der Waals surface area contributed by atoms with Crippen LogP contribution in [0.3, 0.4) is 0 Å². The molecule has 6 heteroatoms. The summed E-state index contributed by atoms with van der Waals surface area (Å²) in [6, 6.07) is 20.5. The highest BCUT2D eigenvalue weighted by atomic mass is 16.3. The molecule has 3 saturated heterocycles. The van der Waals surface area contributed by atoms with Gasteiger partial charge >= 0.3 is 0 Å². The molecule has 1 aromatic heterocycles. The van der Waals surface area contributed by atoms with Crippen molar-refractivity contribution in [2.24, 2.45) is 5.41 Å². The number of carbonyl (C=O) groups excluding carboxylic acids is 1. The van der Waals surface area contributed by atoms with E-state index in [1.807, 2.05) is 25.7 Å². The van der Waals surface area contributed by atoms with Gasteiger partial charge in [-0.05, 0) is 63.1 Å². The number of nitrogens with zero attached hydrogens (tertiary/aromatic N) is 4. The summed E-state index contributed by atoms with van der Waals surface area (Å²) in [4.78, 5) is 22.5. The predicted molar refractivity (Wildman–Crippen MR) is 156 cm³/mol. The predicted octanol–water partition coefficient (Wildman–Crippen LogP) is 5.48. The van der Waals surface area contributed by atoms with Crippen LogP contribution in [0.15, 0.2) is 54.6 Å². The number of hydrogen-bond acceptors (Lipinski definition) is 4. The largest absolute Gasteiger partial charge is 0.391 e. The van der Waals surface area contributed by atoms with E-state index in [-0.39, 0.29) is 16.7 Å². The minimum absolute atomic E-state index is 0.209. The first-order valence-electron chi connectivity index (χ1n) is 14.9. The maximum absolute atomic E-state index is 13.0. The fourth-order valence-electron chi connectivity index (χ4n) is 7.92. The molecule has 0 aliphatic carbocycles. The quantitative estimate of drug-likeness (QED) is 0.476. The molecule has 3 aromatic rings. The van der Waals surface area contributed by atoms with Crippen LogP contribution in [0.25, 0.3) is 11.0 Å². The number of amides is 1. The molecule has 3 atom stereocenters. The fraction of sp³-hybridized carbons (Fsp3) is 0.576. The number of piperidine rings is 2. The van der Waals surface area contributed by atoms with E-state index in [0.29, 0.717) is 37.8 Å². The Morgan fingerprint density at radius 1 is 0.974 bits per heavy atom. The van der Waals surface area contributed by atoms with Crippen LogP contribution >= 0.6 is 0 Å². The number of para-hydroxylation sites is 2. The Morgan fingerprint density at radius 3 is 2.23 bits per heavy atom. The van der Waals surface area contributed by atoms with Gasteiger partial charge in [0.2, 0.25) is 5.91 Å². The summed E-state index contributed by atoms with van der Waals surface area (Å²) in [7, 11) is 0. The summed E-state index contributed by atoms with van der Waals surface area (Å²) in [6.07, 6.45) is 5.74. The van der Waals surface area contributed by atoms with Gasteiger partial charge in [0.1, 0.15) is 5.82 Å². The van der Waals surface area contributed by atoms with E-state index < -0.39 is 6.10 Å². The molecule has 4 heterocycles. The molecule has 0 spiro atoms. The Bertz CT molecular complexity index is 1300. The van der Waals surface area contributed by atoms with E-state index >= 15 is 0 Å². The molecule has 6 rings (SSSR count). The molecule has 2 bridgehead atoms. The van der Waals surface area contributed by atoms with Crippen molar-refractivity contribution in [1.29, 1.82) is 0 Å². The van der Waals surface area contributed by atoms with E-state index in [4.69, 9.17) is 4.98 Å². The van der Waals surface area contributed by atoms with E-state index in [0.717, 1.165) is 37.0 Å². The van der Waals surface area contributed by atoms with Crippen LogP contribution in [0.2, 0.25) is 0 Å². The van der Waals surface area contributed by atoms with Crippen molar-refractivity contribution in [3.63, 3.8) is 0 Å². The maximum Gasteiger partial charge on any atom is 0.227 e. The molecule has 6 nitrogen and oxygen atoms in total. The number of aliphatic hydroxyl groups excluding tert-OH is 1. The third-order valence-electron chi connectivity index (χ3n) is 9.95. The SMILES string of the molecule is Cc1nc2ccccc2n1C1CC2CCC(C1)N2CC(O)C1(c2ccccc2)CCN(C(=O)C(C)(C)C)CC1. The van der Waals surface area contributed by atoms with Gasteiger partial charge in [-0.25, -0.2) is 4.98 Å². The van der Waals surface area contributed by atoms with Crippen molar-refractivity contribution in [2.45, 2.75) is 95.9 Å². The summed E-state index contributed by atoms with van der Waals surface area (Å²) < 4.78 is 2.47. The molecular weight excluding hydrogens is 484 g/mol. The third kappa shape index (κ3) is 4.70. The van der Waals surface area contributed by atoms with Crippen LogP contribution in [0, 0.1) is 12.3 Å². The highest BCUT2D eigenvalue weighted by Crippen LogP contribution is 2.45. The number of fused-ring (bicyclic) bond motifs is 3. The lowest BCUT2D eigenvalue weighted by atomic mass is 9.68. The number of aromatic nitrogens is 2. The monoisotopic (exact) mass is 528 g/mol. The van der Waals surface area contributed by atoms with Gasteiger partial charge in [-0.15, -0.1) is 0 Å². The molecular formula is C33H44N4O2. The number of rotatable bonds is 5. The van der Waals surface area contributed by atoms with Crippen molar-refractivity contribution in [2.75, 3.05) is 19.6 Å². The number of carbonyl (C=O) groups is 1. The van der Waals surface area contributed by atoms with Crippen molar-refractivity contribution in [3.05, 3.63) is 66.0 Å². The first-order valence-corrected chi connectivity index (χ1v) is 14.9. The van der Waals surface area contributed by atoms with Crippen LogP contribution in [0.1, 0.15) is 76.7 Å². The van der Waals surface area contributed by atoms with Gasteiger partial charge in [0, 0.05) is 48.6 Å².